The molecule has 7 nitrogen and oxygen atoms in total. The molecule has 1 rings (SSSR count). The van der Waals surface area contributed by atoms with Crippen molar-refractivity contribution in [3.63, 3.8) is 0 Å². The van der Waals surface area contributed by atoms with Crippen molar-refractivity contribution in [2.75, 3.05) is 24.7 Å². The highest BCUT2D eigenvalue weighted by Crippen LogP contribution is 2.16. The molecular formula is C13H20N4O3. The number of nitrogens with two attached hydrogens (primary N) is 1. The van der Waals surface area contributed by atoms with Crippen LogP contribution in [0.5, 0.6) is 0 Å². The number of anilines is 2. The summed E-state index contributed by atoms with van der Waals surface area (Å²) in [5.41, 5.74) is 6.09. The van der Waals surface area contributed by atoms with Gasteiger partial charge < -0.3 is 21.1 Å². The van der Waals surface area contributed by atoms with Crippen LogP contribution in [0.1, 0.15) is 30.6 Å². The van der Waals surface area contributed by atoms with E-state index in [2.05, 4.69) is 20.4 Å². The standard InChI is InChI=1S/C13H20N4O3/c1-4-5-15-12(18)8(2)17-11-6-9(13(19)20-3)10(14)7-16-11/h6-8H,4-5,14H2,1-3H3,(H,15,18)(H,16,17). The highest BCUT2D eigenvalue weighted by atomic mass is 16.5. The van der Waals surface area contributed by atoms with Crippen LogP contribution in [0.25, 0.3) is 0 Å². The molecular weight excluding hydrogens is 260 g/mol. The third kappa shape index (κ3) is 4.11. The topological polar surface area (TPSA) is 106 Å². The van der Waals surface area contributed by atoms with Crippen molar-refractivity contribution >= 4 is 23.4 Å². The Morgan fingerprint density at radius 3 is 2.80 bits per heavy atom. The number of nitrogens with zero attached hydrogens (tertiary/aromatic N) is 1. The number of pyridine rings is 1. The summed E-state index contributed by atoms with van der Waals surface area (Å²) in [5.74, 6) is -0.292. The van der Waals surface area contributed by atoms with Gasteiger partial charge in [0.2, 0.25) is 5.91 Å². The van der Waals surface area contributed by atoms with Crippen molar-refractivity contribution in [3.05, 3.63) is 17.8 Å². The molecule has 20 heavy (non-hydrogen) atoms. The van der Waals surface area contributed by atoms with Crippen molar-refractivity contribution in [2.45, 2.75) is 26.3 Å². The normalized spacial score (nSPS) is 11.6. The number of amides is 1. The Labute approximate surface area is 117 Å². The van der Waals surface area contributed by atoms with E-state index in [1.807, 2.05) is 6.92 Å². The Balaban J connectivity index is 2.77. The van der Waals surface area contributed by atoms with E-state index in [0.29, 0.717) is 12.4 Å². The van der Waals surface area contributed by atoms with Crippen LogP contribution in [0.3, 0.4) is 0 Å². The summed E-state index contributed by atoms with van der Waals surface area (Å²) in [5, 5.41) is 5.68. The number of carbonyl (C=O) groups is 2. The summed E-state index contributed by atoms with van der Waals surface area (Å²) in [6, 6.07) is 0.994. The number of hydrogen-bond acceptors (Lipinski definition) is 6. The molecule has 0 radical (unpaired) electrons. The van der Waals surface area contributed by atoms with Crippen molar-refractivity contribution in [1.82, 2.24) is 10.3 Å². The maximum atomic E-state index is 11.7. The molecule has 1 unspecified atom stereocenters. The van der Waals surface area contributed by atoms with E-state index < -0.39 is 12.0 Å². The van der Waals surface area contributed by atoms with Crippen LogP contribution in [0.4, 0.5) is 11.5 Å². The van der Waals surface area contributed by atoms with Crippen LogP contribution in [-0.2, 0) is 9.53 Å². The van der Waals surface area contributed by atoms with Crippen molar-refractivity contribution in [2.24, 2.45) is 0 Å². The van der Waals surface area contributed by atoms with Crippen LogP contribution in [0.2, 0.25) is 0 Å². The summed E-state index contributed by atoms with van der Waals surface area (Å²) < 4.78 is 4.62. The van der Waals surface area contributed by atoms with Crippen LogP contribution in [0, 0.1) is 0 Å². The van der Waals surface area contributed by atoms with Crippen molar-refractivity contribution in [3.8, 4) is 0 Å². The number of carbonyl (C=O) groups excluding carboxylic acids is 2. The Hall–Kier alpha value is -2.31. The second-order valence-electron chi connectivity index (χ2n) is 4.31. The Morgan fingerprint density at radius 1 is 1.50 bits per heavy atom. The fraction of sp³-hybridized carbons (Fsp3) is 0.462. The van der Waals surface area contributed by atoms with Crippen LogP contribution >= 0.6 is 0 Å². The number of ether oxygens (including phenoxy) is 1. The highest BCUT2D eigenvalue weighted by Gasteiger charge is 2.15. The number of nitrogen functional groups attached to an aromatic ring is 1. The molecule has 1 atom stereocenters. The van der Waals surface area contributed by atoms with Gasteiger partial charge in [0.15, 0.2) is 0 Å². The maximum Gasteiger partial charge on any atom is 0.340 e. The molecule has 4 N–H and O–H groups in total. The number of rotatable bonds is 6. The zero-order valence-corrected chi connectivity index (χ0v) is 11.9. The van der Waals surface area contributed by atoms with E-state index in [0.717, 1.165) is 6.42 Å². The third-order valence-electron chi connectivity index (χ3n) is 2.65. The molecule has 0 aliphatic rings. The molecule has 0 saturated carbocycles. The monoisotopic (exact) mass is 280 g/mol. The Kier molecular flexibility index (Phi) is 5.76. The molecule has 1 aromatic rings. The van der Waals surface area contributed by atoms with Gasteiger partial charge in [-0.3, -0.25) is 4.79 Å². The van der Waals surface area contributed by atoms with Gasteiger partial charge in [-0.15, -0.1) is 0 Å². The van der Waals surface area contributed by atoms with E-state index in [4.69, 9.17) is 5.73 Å². The zero-order valence-electron chi connectivity index (χ0n) is 11.9. The minimum atomic E-state index is -0.545. The maximum absolute atomic E-state index is 11.7. The van der Waals surface area contributed by atoms with Gasteiger partial charge in [-0.05, 0) is 19.4 Å². The zero-order chi connectivity index (χ0) is 15.1. The summed E-state index contributed by atoms with van der Waals surface area (Å²) >= 11 is 0. The minimum Gasteiger partial charge on any atom is -0.465 e. The minimum absolute atomic E-state index is 0.134. The van der Waals surface area contributed by atoms with Gasteiger partial charge >= 0.3 is 5.97 Å². The van der Waals surface area contributed by atoms with E-state index in [-0.39, 0.29) is 17.2 Å². The van der Waals surface area contributed by atoms with Gasteiger partial charge in [-0.1, -0.05) is 6.92 Å². The van der Waals surface area contributed by atoms with E-state index in [9.17, 15) is 9.59 Å². The lowest BCUT2D eigenvalue weighted by molar-refractivity contribution is -0.121. The average Bonchev–Trinajstić information content (AvgIpc) is 2.45. The summed E-state index contributed by atoms with van der Waals surface area (Å²) in [4.78, 5) is 27.3. The fourth-order valence-electron chi connectivity index (χ4n) is 1.52. The molecule has 1 amide bonds. The van der Waals surface area contributed by atoms with Crippen molar-refractivity contribution < 1.29 is 14.3 Å². The predicted octanol–water partition coefficient (Wildman–Crippen LogP) is 0.777. The lowest BCUT2D eigenvalue weighted by atomic mass is 10.2. The first-order valence-corrected chi connectivity index (χ1v) is 6.37. The third-order valence-corrected chi connectivity index (χ3v) is 2.65. The number of aromatic nitrogens is 1. The van der Waals surface area contributed by atoms with Gasteiger partial charge in [0.1, 0.15) is 11.9 Å². The molecule has 0 aliphatic carbocycles. The first-order chi connectivity index (χ1) is 9.49. The number of hydrogen-bond donors (Lipinski definition) is 3. The fourth-order valence-corrected chi connectivity index (χ4v) is 1.52. The molecule has 0 spiro atoms. The summed E-state index contributed by atoms with van der Waals surface area (Å²) in [6.45, 7) is 4.30. The Bertz CT molecular complexity index is 491. The molecule has 1 aromatic heterocycles. The molecule has 0 aromatic carbocycles. The number of esters is 1. The molecule has 110 valence electrons. The highest BCUT2D eigenvalue weighted by molar-refractivity contribution is 5.95. The largest absolute Gasteiger partial charge is 0.465 e. The molecule has 7 heteroatoms. The SMILES string of the molecule is CCCNC(=O)C(C)Nc1cc(C(=O)OC)c(N)cn1. The van der Waals surface area contributed by atoms with Gasteiger partial charge in [0.25, 0.3) is 0 Å². The van der Waals surface area contributed by atoms with Gasteiger partial charge in [0.05, 0.1) is 24.6 Å². The van der Waals surface area contributed by atoms with Crippen LogP contribution in [-0.4, -0.2) is 36.6 Å². The van der Waals surface area contributed by atoms with Gasteiger partial charge in [-0.2, -0.15) is 0 Å². The Morgan fingerprint density at radius 2 is 2.20 bits per heavy atom. The molecule has 1 heterocycles. The summed E-state index contributed by atoms with van der Waals surface area (Å²) in [7, 11) is 1.27. The summed E-state index contributed by atoms with van der Waals surface area (Å²) in [6.07, 6.45) is 2.22. The van der Waals surface area contributed by atoms with Crippen LogP contribution < -0.4 is 16.4 Å². The number of methoxy groups -OCH3 is 1. The quantitative estimate of drug-likeness (QED) is 0.665. The first kappa shape index (κ1) is 15.7. The number of nitrogens with one attached hydrogen (secondary N) is 2. The lowest BCUT2D eigenvalue weighted by Crippen LogP contribution is -2.38. The van der Waals surface area contributed by atoms with E-state index in [1.54, 1.807) is 6.92 Å². The van der Waals surface area contributed by atoms with Crippen LogP contribution in [0.15, 0.2) is 12.3 Å². The van der Waals surface area contributed by atoms with Crippen molar-refractivity contribution in [1.29, 1.82) is 0 Å². The first-order valence-electron chi connectivity index (χ1n) is 6.37. The lowest BCUT2D eigenvalue weighted by Gasteiger charge is -2.15. The molecule has 0 fully saturated rings. The predicted molar refractivity (Wildman–Crippen MR) is 76.4 cm³/mol. The van der Waals surface area contributed by atoms with Gasteiger partial charge in [-0.25, -0.2) is 9.78 Å². The second kappa shape index (κ2) is 7.32. The second-order valence-corrected chi connectivity index (χ2v) is 4.31. The molecule has 0 bridgehead atoms. The van der Waals surface area contributed by atoms with Gasteiger partial charge in [0, 0.05) is 6.54 Å². The van der Waals surface area contributed by atoms with E-state index in [1.165, 1.54) is 19.4 Å². The smallest absolute Gasteiger partial charge is 0.340 e. The van der Waals surface area contributed by atoms with E-state index >= 15 is 0 Å². The molecule has 0 aliphatic heterocycles. The average molecular weight is 280 g/mol. The molecule has 0 saturated heterocycles.